The Morgan fingerprint density at radius 2 is 1.43 bits per heavy atom. The monoisotopic (exact) mass is 406 g/mol. The van der Waals surface area contributed by atoms with Gasteiger partial charge in [-0.1, -0.05) is 23.8 Å². The van der Waals surface area contributed by atoms with Crippen molar-refractivity contribution in [2.45, 2.75) is 19.9 Å². The summed E-state index contributed by atoms with van der Waals surface area (Å²) in [7, 11) is 0. The van der Waals surface area contributed by atoms with Crippen LogP contribution in [0.2, 0.25) is 0 Å². The van der Waals surface area contributed by atoms with Crippen molar-refractivity contribution in [2.24, 2.45) is 0 Å². The highest BCUT2D eigenvalue weighted by atomic mass is 16.5. The fourth-order valence-corrected chi connectivity index (χ4v) is 3.63. The minimum Gasteiger partial charge on any atom is -0.462 e. The lowest BCUT2D eigenvalue weighted by Gasteiger charge is -2.21. The molecule has 152 valence electrons. The summed E-state index contributed by atoms with van der Waals surface area (Å²) in [5, 5.41) is 0. The summed E-state index contributed by atoms with van der Waals surface area (Å²) < 4.78 is 5.16. The number of carbonyl (C=O) groups is 5. The fraction of sp³-hybridized carbons (Fsp3) is 0.227. The van der Waals surface area contributed by atoms with E-state index in [1.54, 1.807) is 49.4 Å². The van der Waals surface area contributed by atoms with E-state index in [9.17, 15) is 24.0 Å². The molecule has 0 N–H and O–H groups in total. The first-order valence-electron chi connectivity index (χ1n) is 9.41. The first-order chi connectivity index (χ1) is 14.3. The number of rotatable bonds is 5. The average molecular weight is 406 g/mol. The zero-order chi connectivity index (χ0) is 21.6. The van der Waals surface area contributed by atoms with E-state index in [1.165, 1.54) is 6.92 Å². The van der Waals surface area contributed by atoms with Crippen LogP contribution in [0.5, 0.6) is 0 Å². The predicted octanol–water partition coefficient (Wildman–Crippen LogP) is 1.82. The maximum absolute atomic E-state index is 12.6. The van der Waals surface area contributed by atoms with Crippen molar-refractivity contribution in [2.75, 3.05) is 13.2 Å². The van der Waals surface area contributed by atoms with E-state index in [4.69, 9.17) is 4.74 Å². The molecule has 2 aromatic rings. The quantitative estimate of drug-likeness (QED) is 0.555. The van der Waals surface area contributed by atoms with Crippen LogP contribution in [0.3, 0.4) is 0 Å². The Labute approximate surface area is 172 Å². The van der Waals surface area contributed by atoms with Gasteiger partial charge >= 0.3 is 5.97 Å². The highest BCUT2D eigenvalue weighted by molar-refractivity contribution is 6.23. The summed E-state index contributed by atoms with van der Waals surface area (Å²) in [6, 6.07) is 10.2. The SMILES string of the molecule is Cc1ccc2c(c1)C(=O)N([C@H](C)C(=O)OCCN1C(=O)c3ccccc3C1=O)C2=O. The Balaban J connectivity index is 1.39. The molecule has 0 bridgehead atoms. The molecule has 0 aromatic heterocycles. The molecule has 0 saturated heterocycles. The number of benzene rings is 2. The molecule has 2 aliphatic rings. The average Bonchev–Trinajstić information content (AvgIpc) is 3.12. The van der Waals surface area contributed by atoms with Crippen molar-refractivity contribution >= 4 is 29.6 Å². The molecule has 4 rings (SSSR count). The van der Waals surface area contributed by atoms with Gasteiger partial charge in [-0.05, 0) is 38.1 Å². The molecular formula is C22H18N2O6. The van der Waals surface area contributed by atoms with Crippen molar-refractivity contribution < 1.29 is 28.7 Å². The molecule has 0 fully saturated rings. The smallest absolute Gasteiger partial charge is 0.329 e. The highest BCUT2D eigenvalue weighted by Gasteiger charge is 2.41. The third kappa shape index (κ3) is 2.97. The number of esters is 1. The van der Waals surface area contributed by atoms with Gasteiger partial charge in [-0.2, -0.15) is 0 Å². The summed E-state index contributed by atoms with van der Waals surface area (Å²) in [6.45, 7) is 2.85. The minimum atomic E-state index is -1.14. The lowest BCUT2D eigenvalue weighted by atomic mass is 10.1. The van der Waals surface area contributed by atoms with Crippen LogP contribution in [0.4, 0.5) is 0 Å². The van der Waals surface area contributed by atoms with Gasteiger partial charge in [0.05, 0.1) is 28.8 Å². The third-order valence-electron chi connectivity index (χ3n) is 5.24. The van der Waals surface area contributed by atoms with E-state index < -0.39 is 35.6 Å². The van der Waals surface area contributed by atoms with Gasteiger partial charge in [-0.25, -0.2) is 4.79 Å². The van der Waals surface area contributed by atoms with Crippen molar-refractivity contribution in [3.05, 3.63) is 70.3 Å². The van der Waals surface area contributed by atoms with Crippen molar-refractivity contribution in [1.82, 2.24) is 9.80 Å². The molecule has 8 nitrogen and oxygen atoms in total. The second kappa shape index (κ2) is 7.22. The van der Waals surface area contributed by atoms with Crippen LogP contribution in [0, 0.1) is 6.92 Å². The second-order valence-electron chi connectivity index (χ2n) is 7.18. The second-order valence-corrected chi connectivity index (χ2v) is 7.18. The number of aryl methyl sites for hydroxylation is 1. The van der Waals surface area contributed by atoms with Crippen LogP contribution in [-0.4, -0.2) is 58.6 Å². The highest BCUT2D eigenvalue weighted by Crippen LogP contribution is 2.26. The molecule has 0 spiro atoms. The van der Waals surface area contributed by atoms with E-state index in [0.717, 1.165) is 15.4 Å². The third-order valence-corrected chi connectivity index (χ3v) is 5.24. The molecule has 0 unspecified atom stereocenters. The fourth-order valence-electron chi connectivity index (χ4n) is 3.63. The van der Waals surface area contributed by atoms with Crippen molar-refractivity contribution in [3.8, 4) is 0 Å². The maximum Gasteiger partial charge on any atom is 0.329 e. The van der Waals surface area contributed by atoms with Gasteiger partial charge in [-0.15, -0.1) is 0 Å². The van der Waals surface area contributed by atoms with E-state index in [-0.39, 0.29) is 24.3 Å². The van der Waals surface area contributed by atoms with E-state index >= 15 is 0 Å². The van der Waals surface area contributed by atoms with Crippen molar-refractivity contribution in [1.29, 1.82) is 0 Å². The maximum atomic E-state index is 12.6. The standard InChI is InChI=1S/C22H18N2O6/c1-12-7-8-16-17(11-12)21(28)24(20(16)27)13(2)22(29)30-10-9-23-18(25)14-5-3-4-6-15(14)19(23)26/h3-8,11,13H,9-10H2,1-2H3/t13-/m1/s1. The molecule has 0 radical (unpaired) electrons. The first kappa shape index (κ1) is 19.5. The Kier molecular flexibility index (Phi) is 4.69. The van der Waals surface area contributed by atoms with E-state index in [1.807, 2.05) is 0 Å². The van der Waals surface area contributed by atoms with Crippen LogP contribution >= 0.6 is 0 Å². The van der Waals surface area contributed by atoms with Gasteiger partial charge in [0.15, 0.2) is 0 Å². The topological polar surface area (TPSA) is 101 Å². The number of amides is 4. The lowest BCUT2D eigenvalue weighted by molar-refractivity contribution is -0.147. The van der Waals surface area contributed by atoms with E-state index in [0.29, 0.717) is 11.1 Å². The van der Waals surface area contributed by atoms with Gasteiger partial charge in [0.25, 0.3) is 23.6 Å². The van der Waals surface area contributed by atoms with Crippen LogP contribution in [-0.2, 0) is 9.53 Å². The molecule has 30 heavy (non-hydrogen) atoms. The number of nitrogens with zero attached hydrogens (tertiary/aromatic N) is 2. The number of fused-ring (bicyclic) bond motifs is 2. The normalized spacial score (nSPS) is 16.1. The number of ether oxygens (including phenoxy) is 1. The lowest BCUT2D eigenvalue weighted by Crippen LogP contribution is -2.44. The Bertz CT molecular complexity index is 1090. The van der Waals surface area contributed by atoms with Gasteiger partial charge in [-0.3, -0.25) is 29.0 Å². The number of imide groups is 2. The van der Waals surface area contributed by atoms with Crippen LogP contribution in [0.1, 0.15) is 53.9 Å². The van der Waals surface area contributed by atoms with Gasteiger partial charge in [0.1, 0.15) is 12.6 Å². The first-order valence-corrected chi connectivity index (χ1v) is 9.41. The molecule has 8 heteroatoms. The molecule has 0 saturated carbocycles. The van der Waals surface area contributed by atoms with Gasteiger partial charge < -0.3 is 4.74 Å². The molecule has 2 heterocycles. The molecular weight excluding hydrogens is 388 g/mol. The Hall–Kier alpha value is -3.81. The summed E-state index contributed by atoms with van der Waals surface area (Å²) in [4.78, 5) is 64.1. The minimum absolute atomic E-state index is 0.119. The summed E-state index contributed by atoms with van der Waals surface area (Å²) >= 11 is 0. The number of hydrogen-bond acceptors (Lipinski definition) is 6. The summed E-state index contributed by atoms with van der Waals surface area (Å²) in [5.41, 5.74) is 1.95. The number of carbonyl (C=O) groups excluding carboxylic acids is 5. The van der Waals surface area contributed by atoms with E-state index in [2.05, 4.69) is 0 Å². The zero-order valence-electron chi connectivity index (χ0n) is 16.4. The van der Waals surface area contributed by atoms with Crippen LogP contribution in [0.25, 0.3) is 0 Å². The molecule has 2 aromatic carbocycles. The van der Waals surface area contributed by atoms with Gasteiger partial charge in [0, 0.05) is 0 Å². The zero-order valence-corrected chi connectivity index (χ0v) is 16.4. The van der Waals surface area contributed by atoms with Crippen LogP contribution in [0.15, 0.2) is 42.5 Å². The van der Waals surface area contributed by atoms with Crippen molar-refractivity contribution in [3.63, 3.8) is 0 Å². The Morgan fingerprint density at radius 1 is 0.867 bits per heavy atom. The number of hydrogen-bond donors (Lipinski definition) is 0. The molecule has 4 amide bonds. The molecule has 0 aliphatic carbocycles. The summed E-state index contributed by atoms with van der Waals surface area (Å²) in [5.74, 6) is -2.80. The van der Waals surface area contributed by atoms with Gasteiger partial charge in [0.2, 0.25) is 0 Å². The summed E-state index contributed by atoms with van der Waals surface area (Å²) in [6.07, 6.45) is 0. The van der Waals surface area contributed by atoms with Crippen LogP contribution < -0.4 is 0 Å². The molecule has 1 atom stereocenters. The largest absolute Gasteiger partial charge is 0.462 e. The predicted molar refractivity (Wildman–Crippen MR) is 104 cm³/mol. The molecule has 2 aliphatic heterocycles. The Morgan fingerprint density at radius 3 is 2.07 bits per heavy atom.